The molecule has 0 unspecified atom stereocenters. The Kier molecular flexibility index (Phi) is 8.93. The summed E-state index contributed by atoms with van der Waals surface area (Å²) in [5, 5.41) is 2.78. The number of nitrogens with one attached hydrogen (secondary N) is 1. The predicted octanol–water partition coefficient (Wildman–Crippen LogP) is 6.00. The minimum atomic E-state index is -0.562. The van der Waals surface area contributed by atoms with E-state index in [9.17, 15) is 14.4 Å². The van der Waals surface area contributed by atoms with Gasteiger partial charge in [-0.05, 0) is 72.8 Å². The van der Waals surface area contributed by atoms with Crippen molar-refractivity contribution in [2.75, 3.05) is 25.6 Å². The number of nitrogens with zero attached hydrogens (tertiary/aromatic N) is 1. The van der Waals surface area contributed by atoms with Crippen LogP contribution in [0.15, 0.2) is 71.6 Å². The fourth-order valence-corrected chi connectivity index (χ4v) is 4.58. The first-order valence-corrected chi connectivity index (χ1v) is 12.9. The minimum Gasteiger partial charge on any atom is -0.494 e. The Hall–Kier alpha value is -3.95. The Morgan fingerprint density at radius 3 is 2.45 bits per heavy atom. The average Bonchev–Trinajstić information content (AvgIpc) is 3.17. The van der Waals surface area contributed by atoms with Crippen molar-refractivity contribution < 1.29 is 28.6 Å². The third-order valence-electron chi connectivity index (χ3n) is 5.44. The van der Waals surface area contributed by atoms with Gasteiger partial charge in [0, 0.05) is 16.3 Å². The van der Waals surface area contributed by atoms with Crippen LogP contribution in [0.25, 0.3) is 6.08 Å². The molecule has 10 heteroatoms. The number of anilines is 1. The molecule has 1 aliphatic rings. The highest BCUT2D eigenvalue weighted by Gasteiger charge is 2.36. The molecule has 8 nitrogen and oxygen atoms in total. The molecule has 196 valence electrons. The fraction of sp³-hybridized carbons (Fsp3) is 0.179. The molecule has 1 aliphatic heterocycles. The summed E-state index contributed by atoms with van der Waals surface area (Å²) in [6.07, 6.45) is 1.56. The molecule has 0 atom stereocenters. The molecule has 38 heavy (non-hydrogen) atoms. The number of carbonyl (C=O) groups excluding carboxylic acids is 3. The van der Waals surface area contributed by atoms with E-state index in [-0.39, 0.29) is 11.5 Å². The third kappa shape index (κ3) is 6.67. The van der Waals surface area contributed by atoms with Crippen molar-refractivity contribution in [2.45, 2.75) is 13.5 Å². The van der Waals surface area contributed by atoms with Crippen LogP contribution in [-0.2, 0) is 16.2 Å². The van der Waals surface area contributed by atoms with Crippen molar-refractivity contribution in [1.82, 2.24) is 4.90 Å². The lowest BCUT2D eigenvalue weighted by Gasteiger charge is -2.14. The number of methoxy groups -OCH3 is 1. The molecular formula is C28H25ClN2O6S. The maximum absolute atomic E-state index is 13.0. The number of halogens is 1. The normalized spacial score (nSPS) is 14.1. The lowest BCUT2D eigenvalue weighted by atomic mass is 10.1. The van der Waals surface area contributed by atoms with Crippen LogP contribution in [0, 0.1) is 0 Å². The van der Waals surface area contributed by atoms with E-state index in [4.69, 9.17) is 25.8 Å². The molecule has 3 amide bonds. The SMILES string of the molecule is CCOc1ccc(NC(=O)CN2C(=O)S/C(=C/c3cccc(OC)c3OCc3ccc(Cl)cc3)C2=O)cc1. The second kappa shape index (κ2) is 12.5. The number of thioether (sulfide) groups is 1. The van der Waals surface area contributed by atoms with Crippen molar-refractivity contribution >= 4 is 52.2 Å². The summed E-state index contributed by atoms with van der Waals surface area (Å²) in [5.41, 5.74) is 1.98. The van der Waals surface area contributed by atoms with Gasteiger partial charge in [0.05, 0.1) is 18.6 Å². The first-order chi connectivity index (χ1) is 18.4. The van der Waals surface area contributed by atoms with Gasteiger partial charge in [-0.25, -0.2) is 0 Å². The van der Waals surface area contributed by atoms with Crippen molar-refractivity contribution in [3.63, 3.8) is 0 Å². The minimum absolute atomic E-state index is 0.175. The zero-order valence-electron chi connectivity index (χ0n) is 20.7. The predicted molar refractivity (Wildman–Crippen MR) is 148 cm³/mol. The quantitative estimate of drug-likeness (QED) is 0.308. The Morgan fingerprint density at radius 2 is 1.76 bits per heavy atom. The zero-order chi connectivity index (χ0) is 27.1. The van der Waals surface area contributed by atoms with Gasteiger partial charge in [0.25, 0.3) is 11.1 Å². The highest BCUT2D eigenvalue weighted by atomic mass is 35.5. The standard InChI is InChI=1S/C28H25ClN2O6S/c1-3-36-22-13-11-21(12-14-22)30-25(32)16-31-27(33)24(38-28(31)34)15-19-5-4-6-23(35-2)26(19)37-17-18-7-9-20(29)10-8-18/h4-15H,3,16-17H2,1-2H3,(H,30,32)/b24-15+. The Morgan fingerprint density at radius 1 is 1.03 bits per heavy atom. The van der Waals surface area contributed by atoms with E-state index in [1.807, 2.05) is 19.1 Å². The molecule has 0 spiro atoms. The summed E-state index contributed by atoms with van der Waals surface area (Å²) >= 11 is 6.72. The van der Waals surface area contributed by atoms with E-state index in [0.29, 0.717) is 40.1 Å². The van der Waals surface area contributed by atoms with E-state index < -0.39 is 23.6 Å². The maximum atomic E-state index is 13.0. The second-order valence-electron chi connectivity index (χ2n) is 8.07. The molecule has 1 saturated heterocycles. The largest absolute Gasteiger partial charge is 0.494 e. The Labute approximate surface area is 229 Å². The van der Waals surface area contributed by atoms with Gasteiger partial charge in [-0.2, -0.15) is 0 Å². The molecule has 4 rings (SSSR count). The molecule has 3 aromatic carbocycles. The topological polar surface area (TPSA) is 94.2 Å². The third-order valence-corrected chi connectivity index (χ3v) is 6.60. The highest BCUT2D eigenvalue weighted by molar-refractivity contribution is 8.18. The van der Waals surface area contributed by atoms with Gasteiger partial charge in [0.2, 0.25) is 5.91 Å². The molecule has 0 bridgehead atoms. The number of benzene rings is 3. The Bertz CT molecular complexity index is 1360. The van der Waals surface area contributed by atoms with E-state index in [1.165, 1.54) is 7.11 Å². The number of amides is 3. The van der Waals surface area contributed by atoms with Crippen LogP contribution in [-0.4, -0.2) is 42.2 Å². The summed E-state index contributed by atoms with van der Waals surface area (Å²) in [6.45, 7) is 2.24. The fourth-order valence-electron chi connectivity index (χ4n) is 3.62. The number of ether oxygens (including phenoxy) is 3. The number of imide groups is 1. The number of para-hydroxylation sites is 1. The van der Waals surface area contributed by atoms with Crippen LogP contribution >= 0.6 is 23.4 Å². The summed E-state index contributed by atoms with van der Waals surface area (Å²) in [6, 6.07) is 19.3. The molecule has 0 aliphatic carbocycles. The molecule has 0 aromatic heterocycles. The van der Waals surface area contributed by atoms with E-state index in [1.54, 1.807) is 60.7 Å². The maximum Gasteiger partial charge on any atom is 0.294 e. The summed E-state index contributed by atoms with van der Waals surface area (Å²) in [4.78, 5) is 39.3. The monoisotopic (exact) mass is 552 g/mol. The molecule has 0 radical (unpaired) electrons. The first-order valence-electron chi connectivity index (χ1n) is 11.7. The second-order valence-corrected chi connectivity index (χ2v) is 9.50. The lowest BCUT2D eigenvalue weighted by Crippen LogP contribution is -2.36. The van der Waals surface area contributed by atoms with Crippen molar-refractivity contribution in [1.29, 1.82) is 0 Å². The van der Waals surface area contributed by atoms with E-state index >= 15 is 0 Å². The van der Waals surface area contributed by atoms with Gasteiger partial charge < -0.3 is 19.5 Å². The Balaban J connectivity index is 1.47. The van der Waals surface area contributed by atoms with E-state index in [0.717, 1.165) is 22.2 Å². The van der Waals surface area contributed by atoms with Gasteiger partial charge >= 0.3 is 0 Å². The van der Waals surface area contributed by atoms with Crippen LogP contribution in [0.1, 0.15) is 18.1 Å². The molecule has 3 aromatic rings. The summed E-state index contributed by atoms with van der Waals surface area (Å²) in [7, 11) is 1.52. The smallest absolute Gasteiger partial charge is 0.294 e. The molecule has 1 heterocycles. The molecular weight excluding hydrogens is 528 g/mol. The summed E-state index contributed by atoms with van der Waals surface area (Å²) < 4.78 is 16.9. The highest BCUT2D eigenvalue weighted by Crippen LogP contribution is 2.37. The van der Waals surface area contributed by atoms with Gasteiger partial charge in [-0.15, -0.1) is 0 Å². The van der Waals surface area contributed by atoms with Crippen molar-refractivity contribution in [3.8, 4) is 17.2 Å². The van der Waals surface area contributed by atoms with Crippen LogP contribution in [0.4, 0.5) is 10.5 Å². The number of hydrogen-bond acceptors (Lipinski definition) is 7. The first kappa shape index (κ1) is 27.1. The number of hydrogen-bond donors (Lipinski definition) is 1. The van der Waals surface area contributed by atoms with E-state index in [2.05, 4.69) is 5.32 Å². The van der Waals surface area contributed by atoms with Crippen LogP contribution < -0.4 is 19.5 Å². The summed E-state index contributed by atoms with van der Waals surface area (Å²) in [5.74, 6) is 0.515. The average molecular weight is 553 g/mol. The van der Waals surface area contributed by atoms with Gasteiger partial charge in [-0.3, -0.25) is 19.3 Å². The molecule has 0 saturated carbocycles. The van der Waals surface area contributed by atoms with Gasteiger partial charge in [0.15, 0.2) is 11.5 Å². The number of rotatable bonds is 10. The van der Waals surface area contributed by atoms with Crippen molar-refractivity contribution in [2.24, 2.45) is 0 Å². The van der Waals surface area contributed by atoms with Gasteiger partial charge in [-0.1, -0.05) is 35.9 Å². The zero-order valence-corrected chi connectivity index (χ0v) is 22.3. The van der Waals surface area contributed by atoms with Crippen LogP contribution in [0.2, 0.25) is 5.02 Å². The van der Waals surface area contributed by atoms with Crippen LogP contribution in [0.3, 0.4) is 0 Å². The van der Waals surface area contributed by atoms with Crippen molar-refractivity contribution in [3.05, 3.63) is 87.8 Å². The van der Waals surface area contributed by atoms with Gasteiger partial charge in [0.1, 0.15) is 18.9 Å². The molecule has 1 N–H and O–H groups in total. The van der Waals surface area contributed by atoms with Crippen LogP contribution in [0.5, 0.6) is 17.2 Å². The molecule has 1 fully saturated rings. The number of carbonyl (C=O) groups is 3. The lowest BCUT2D eigenvalue weighted by molar-refractivity contribution is -0.127.